The Morgan fingerprint density at radius 1 is 1.00 bits per heavy atom. The van der Waals surface area contributed by atoms with E-state index in [0.717, 1.165) is 0 Å². The Morgan fingerprint density at radius 3 is 2.24 bits per heavy atom. The van der Waals surface area contributed by atoms with Crippen molar-refractivity contribution in [3.05, 3.63) is 80.3 Å². The average Bonchev–Trinajstić information content (AvgIpc) is 2.72. The van der Waals surface area contributed by atoms with Gasteiger partial charge in [0.05, 0.1) is 16.4 Å². The number of carbonyl (C=O) groups excluding carboxylic acids is 2. The fourth-order valence-electron chi connectivity index (χ4n) is 2.79. The van der Waals surface area contributed by atoms with E-state index in [9.17, 15) is 24.5 Å². The molecule has 0 aliphatic carbocycles. The highest BCUT2D eigenvalue weighted by molar-refractivity contribution is 6.06. The lowest BCUT2D eigenvalue weighted by molar-refractivity contribution is -0.385. The smallest absolute Gasteiger partial charge is 0.267 e. The van der Waals surface area contributed by atoms with Gasteiger partial charge in [0.1, 0.15) is 5.56 Å². The van der Waals surface area contributed by atoms with E-state index in [1.165, 1.54) is 28.9 Å². The predicted octanol–water partition coefficient (Wildman–Crippen LogP) is 1.96. The first-order valence-electron chi connectivity index (χ1n) is 8.67. The van der Waals surface area contributed by atoms with Gasteiger partial charge >= 0.3 is 0 Å². The Balaban J connectivity index is 1.91. The van der Waals surface area contributed by atoms with E-state index in [4.69, 9.17) is 0 Å². The zero-order valence-corrected chi connectivity index (χ0v) is 15.6. The third kappa shape index (κ3) is 3.81. The van der Waals surface area contributed by atoms with Gasteiger partial charge in [-0.3, -0.25) is 35.3 Å². The zero-order valence-electron chi connectivity index (χ0n) is 15.6. The fourth-order valence-corrected chi connectivity index (χ4v) is 2.79. The number of nitro groups is 1. The van der Waals surface area contributed by atoms with Crippen molar-refractivity contribution in [3.63, 3.8) is 0 Å². The molecule has 0 unspecified atom stereocenters. The van der Waals surface area contributed by atoms with Gasteiger partial charge in [0.25, 0.3) is 23.1 Å². The molecule has 0 saturated heterocycles. The molecule has 10 nitrogen and oxygen atoms in total. The SMILES string of the molecule is CC(C)n1nc(C(=O)NNC(=O)c2ccccc2[N+](=O)[O-])c2ccccc2c1=O. The zero-order chi connectivity index (χ0) is 21.1. The molecular formula is C19H17N5O5. The molecule has 2 aromatic carbocycles. The second-order valence-corrected chi connectivity index (χ2v) is 6.42. The van der Waals surface area contributed by atoms with Gasteiger partial charge in [0.2, 0.25) is 0 Å². The second-order valence-electron chi connectivity index (χ2n) is 6.42. The van der Waals surface area contributed by atoms with E-state index >= 15 is 0 Å². The number of aromatic nitrogens is 2. The van der Waals surface area contributed by atoms with Crippen molar-refractivity contribution < 1.29 is 14.5 Å². The van der Waals surface area contributed by atoms with Gasteiger partial charge in [-0.2, -0.15) is 5.10 Å². The lowest BCUT2D eigenvalue weighted by Crippen LogP contribution is -2.43. The second kappa shape index (κ2) is 7.89. The quantitative estimate of drug-likeness (QED) is 0.512. The third-order valence-corrected chi connectivity index (χ3v) is 4.17. The molecule has 3 aromatic rings. The molecule has 1 heterocycles. The first-order valence-corrected chi connectivity index (χ1v) is 8.67. The van der Waals surface area contributed by atoms with Gasteiger partial charge < -0.3 is 0 Å². The number of hydrazine groups is 1. The van der Waals surface area contributed by atoms with E-state index in [2.05, 4.69) is 16.0 Å². The monoisotopic (exact) mass is 395 g/mol. The van der Waals surface area contributed by atoms with Crippen LogP contribution in [0.15, 0.2) is 53.3 Å². The maximum atomic E-state index is 12.7. The Morgan fingerprint density at radius 2 is 1.59 bits per heavy atom. The summed E-state index contributed by atoms with van der Waals surface area (Å²) in [5.41, 5.74) is 3.36. The number of benzene rings is 2. The largest absolute Gasteiger partial charge is 0.290 e. The fraction of sp³-hybridized carbons (Fsp3) is 0.158. The summed E-state index contributed by atoms with van der Waals surface area (Å²) in [6.07, 6.45) is 0. The minimum Gasteiger partial charge on any atom is -0.267 e. The standard InChI is InChI=1S/C19H17N5O5/c1-11(2)23-19(27)13-8-4-3-7-12(13)16(22-23)18(26)21-20-17(25)14-9-5-6-10-15(14)24(28)29/h3-11H,1-2H3,(H,20,25)(H,21,26). The molecule has 0 aliphatic rings. The first-order chi connectivity index (χ1) is 13.8. The predicted molar refractivity (Wildman–Crippen MR) is 104 cm³/mol. The number of fused-ring (bicyclic) bond motifs is 1. The van der Waals surface area contributed by atoms with Crippen LogP contribution in [-0.4, -0.2) is 26.5 Å². The highest BCUT2D eigenvalue weighted by Gasteiger charge is 2.21. The molecule has 0 radical (unpaired) electrons. The Bertz CT molecular complexity index is 1190. The van der Waals surface area contributed by atoms with Gasteiger partial charge in [-0.1, -0.05) is 30.3 Å². The number of amides is 2. The van der Waals surface area contributed by atoms with Crippen LogP contribution in [0.2, 0.25) is 0 Å². The summed E-state index contributed by atoms with van der Waals surface area (Å²) in [5.74, 6) is -1.62. The summed E-state index contributed by atoms with van der Waals surface area (Å²) in [4.78, 5) is 47.9. The highest BCUT2D eigenvalue weighted by atomic mass is 16.6. The minimum absolute atomic E-state index is 0.0586. The number of hydrogen-bond acceptors (Lipinski definition) is 6. The third-order valence-electron chi connectivity index (χ3n) is 4.17. The Labute approximate surface area is 164 Å². The molecule has 0 saturated carbocycles. The van der Waals surface area contributed by atoms with Crippen LogP contribution in [0.5, 0.6) is 0 Å². The van der Waals surface area contributed by atoms with Crippen LogP contribution in [0.25, 0.3) is 10.8 Å². The van der Waals surface area contributed by atoms with Crippen molar-refractivity contribution in [2.24, 2.45) is 0 Å². The summed E-state index contributed by atoms with van der Waals surface area (Å²) in [6, 6.07) is 11.6. The van der Waals surface area contributed by atoms with Crippen LogP contribution in [-0.2, 0) is 0 Å². The number of carbonyl (C=O) groups is 2. The minimum atomic E-state index is -0.855. The van der Waals surface area contributed by atoms with Crippen molar-refractivity contribution in [2.45, 2.75) is 19.9 Å². The van der Waals surface area contributed by atoms with Gasteiger partial charge in [0, 0.05) is 11.5 Å². The van der Waals surface area contributed by atoms with Crippen LogP contribution < -0.4 is 16.4 Å². The van der Waals surface area contributed by atoms with Crippen LogP contribution in [0.1, 0.15) is 40.7 Å². The maximum absolute atomic E-state index is 12.7. The molecule has 1 aromatic heterocycles. The van der Waals surface area contributed by atoms with Crippen molar-refractivity contribution >= 4 is 28.3 Å². The van der Waals surface area contributed by atoms with E-state index in [-0.39, 0.29) is 22.9 Å². The number of hydrogen-bond donors (Lipinski definition) is 2. The molecule has 0 aliphatic heterocycles. The lowest BCUT2D eigenvalue weighted by atomic mass is 10.1. The molecule has 0 bridgehead atoms. The normalized spacial score (nSPS) is 10.7. The summed E-state index contributed by atoms with van der Waals surface area (Å²) in [7, 11) is 0. The van der Waals surface area contributed by atoms with Crippen molar-refractivity contribution in [3.8, 4) is 0 Å². The molecule has 2 amide bonds. The molecule has 0 spiro atoms. The topological polar surface area (TPSA) is 136 Å². The van der Waals surface area contributed by atoms with Crippen LogP contribution in [0.4, 0.5) is 5.69 Å². The van der Waals surface area contributed by atoms with E-state index < -0.39 is 22.4 Å². The number of nitrogens with one attached hydrogen (secondary N) is 2. The van der Waals surface area contributed by atoms with Crippen LogP contribution in [0.3, 0.4) is 0 Å². The number of para-hydroxylation sites is 1. The molecule has 148 valence electrons. The molecular weight excluding hydrogens is 378 g/mol. The van der Waals surface area contributed by atoms with Crippen molar-refractivity contribution in [1.29, 1.82) is 0 Å². The summed E-state index contributed by atoms with van der Waals surface area (Å²) in [5, 5.41) is 15.8. The number of rotatable bonds is 4. The van der Waals surface area contributed by atoms with E-state index in [0.29, 0.717) is 10.8 Å². The summed E-state index contributed by atoms with van der Waals surface area (Å²) in [6.45, 7) is 3.50. The van der Waals surface area contributed by atoms with Gasteiger partial charge in [0.15, 0.2) is 5.69 Å². The van der Waals surface area contributed by atoms with Gasteiger partial charge in [-0.25, -0.2) is 4.68 Å². The molecule has 2 N–H and O–H groups in total. The average molecular weight is 395 g/mol. The van der Waals surface area contributed by atoms with Crippen molar-refractivity contribution in [2.75, 3.05) is 0 Å². The Hall–Kier alpha value is -4.08. The van der Waals surface area contributed by atoms with Crippen LogP contribution >= 0.6 is 0 Å². The van der Waals surface area contributed by atoms with Gasteiger partial charge in [-0.05, 0) is 26.0 Å². The van der Waals surface area contributed by atoms with Gasteiger partial charge in [-0.15, -0.1) is 0 Å². The molecule has 29 heavy (non-hydrogen) atoms. The number of nitro benzene ring substituents is 1. The highest BCUT2D eigenvalue weighted by Crippen LogP contribution is 2.17. The van der Waals surface area contributed by atoms with E-state index in [1.807, 2.05) is 0 Å². The summed E-state index contributed by atoms with van der Waals surface area (Å²) >= 11 is 0. The maximum Gasteiger partial charge on any atom is 0.290 e. The summed E-state index contributed by atoms with van der Waals surface area (Å²) < 4.78 is 1.18. The van der Waals surface area contributed by atoms with Crippen LogP contribution in [0, 0.1) is 10.1 Å². The Kier molecular flexibility index (Phi) is 5.35. The molecule has 0 fully saturated rings. The molecule has 10 heteroatoms. The van der Waals surface area contributed by atoms with E-state index in [1.54, 1.807) is 38.1 Å². The lowest BCUT2D eigenvalue weighted by Gasteiger charge is -2.13. The van der Waals surface area contributed by atoms with Crippen molar-refractivity contribution in [1.82, 2.24) is 20.6 Å². The molecule has 3 rings (SSSR count). The number of nitrogens with zero attached hydrogens (tertiary/aromatic N) is 3. The molecule has 0 atom stereocenters. The first kappa shape index (κ1) is 19.7.